The van der Waals surface area contributed by atoms with Crippen molar-refractivity contribution in [1.82, 2.24) is 4.98 Å². The summed E-state index contributed by atoms with van der Waals surface area (Å²) in [6.07, 6.45) is -2.07. The molecule has 0 spiro atoms. The van der Waals surface area contributed by atoms with Crippen molar-refractivity contribution in [2.75, 3.05) is 11.9 Å². The van der Waals surface area contributed by atoms with Gasteiger partial charge < -0.3 is 4.74 Å². The summed E-state index contributed by atoms with van der Waals surface area (Å²) in [5.74, 6) is -0.516. The molecular formula is C20H17F3N2O2S. The fourth-order valence-electron chi connectivity index (χ4n) is 2.42. The normalized spacial score (nSPS) is 11.3. The topological polar surface area (TPSA) is 51.2 Å². The zero-order valence-electron chi connectivity index (χ0n) is 14.9. The summed E-state index contributed by atoms with van der Waals surface area (Å²) < 4.78 is 43.2. The molecule has 1 heterocycles. The maximum atomic E-state index is 12.7. The molecule has 0 aliphatic rings. The van der Waals surface area contributed by atoms with Crippen LogP contribution in [-0.4, -0.2) is 17.5 Å². The fraction of sp³-hybridized carbons (Fsp3) is 0.200. The number of aromatic nitrogens is 1. The second-order valence-corrected chi connectivity index (χ2v) is 7.27. The van der Waals surface area contributed by atoms with Crippen molar-refractivity contribution >= 4 is 22.4 Å². The van der Waals surface area contributed by atoms with Crippen molar-refractivity contribution in [1.29, 1.82) is 0 Å². The molecule has 0 saturated carbocycles. The summed E-state index contributed by atoms with van der Waals surface area (Å²) in [5.41, 5.74) is 1.49. The highest BCUT2D eigenvalue weighted by molar-refractivity contribution is 7.15. The van der Waals surface area contributed by atoms with Crippen molar-refractivity contribution in [3.63, 3.8) is 0 Å². The van der Waals surface area contributed by atoms with Crippen molar-refractivity contribution in [2.45, 2.75) is 19.5 Å². The average molecular weight is 406 g/mol. The number of alkyl halides is 3. The molecular weight excluding hydrogens is 389 g/mol. The maximum absolute atomic E-state index is 12.7. The van der Waals surface area contributed by atoms with Crippen LogP contribution in [-0.2, 0) is 17.4 Å². The average Bonchev–Trinajstić information content (AvgIpc) is 3.08. The van der Waals surface area contributed by atoms with Crippen LogP contribution in [0.25, 0.3) is 0 Å². The van der Waals surface area contributed by atoms with Crippen LogP contribution in [0.3, 0.4) is 0 Å². The second kappa shape index (κ2) is 8.43. The number of halogens is 3. The van der Waals surface area contributed by atoms with E-state index in [1.165, 1.54) is 29.0 Å². The standard InChI is InChI=1S/C20H17F3N2O2S/c1-13-5-7-14(8-6-13)9-17-11-24-19(28-17)25-18(26)12-27-16-4-2-3-15(10-16)20(21,22)23/h2-8,10-11H,9,12H2,1H3,(H,24,25,26). The van der Waals surface area contributed by atoms with Crippen LogP contribution < -0.4 is 10.1 Å². The molecule has 1 amide bonds. The molecule has 28 heavy (non-hydrogen) atoms. The van der Waals surface area contributed by atoms with Gasteiger partial charge in [-0.25, -0.2) is 4.98 Å². The minimum Gasteiger partial charge on any atom is -0.484 e. The van der Waals surface area contributed by atoms with E-state index < -0.39 is 24.3 Å². The number of hydrogen-bond acceptors (Lipinski definition) is 4. The molecule has 146 valence electrons. The number of rotatable bonds is 6. The van der Waals surface area contributed by atoms with Crippen LogP contribution in [0.1, 0.15) is 21.6 Å². The van der Waals surface area contributed by atoms with Gasteiger partial charge in [0.1, 0.15) is 5.75 Å². The van der Waals surface area contributed by atoms with E-state index in [0.29, 0.717) is 11.6 Å². The first-order chi connectivity index (χ1) is 13.3. The Bertz CT molecular complexity index is 953. The van der Waals surface area contributed by atoms with E-state index in [0.717, 1.165) is 22.6 Å². The van der Waals surface area contributed by atoms with Gasteiger partial charge in [0.05, 0.1) is 5.56 Å². The molecule has 0 unspecified atom stereocenters. The molecule has 3 aromatic rings. The third-order valence-corrected chi connectivity index (χ3v) is 4.74. The van der Waals surface area contributed by atoms with E-state index in [-0.39, 0.29) is 5.75 Å². The highest BCUT2D eigenvalue weighted by Crippen LogP contribution is 2.31. The summed E-state index contributed by atoms with van der Waals surface area (Å²) in [6.45, 7) is 1.61. The Balaban J connectivity index is 1.53. The van der Waals surface area contributed by atoms with Gasteiger partial charge in [-0.15, -0.1) is 11.3 Å². The number of nitrogens with one attached hydrogen (secondary N) is 1. The Hall–Kier alpha value is -2.87. The minimum absolute atomic E-state index is 0.0239. The van der Waals surface area contributed by atoms with E-state index in [1.54, 1.807) is 6.20 Å². The van der Waals surface area contributed by atoms with Crippen LogP contribution in [0.4, 0.5) is 18.3 Å². The van der Waals surface area contributed by atoms with Gasteiger partial charge in [-0.3, -0.25) is 10.1 Å². The van der Waals surface area contributed by atoms with E-state index in [1.807, 2.05) is 31.2 Å². The molecule has 4 nitrogen and oxygen atoms in total. The van der Waals surface area contributed by atoms with E-state index in [4.69, 9.17) is 4.74 Å². The molecule has 0 radical (unpaired) electrons. The Morgan fingerprint density at radius 2 is 1.93 bits per heavy atom. The third kappa shape index (κ3) is 5.56. The number of thiazole rings is 1. The molecule has 0 bridgehead atoms. The van der Waals surface area contributed by atoms with Crippen molar-refractivity contribution in [3.8, 4) is 5.75 Å². The number of amides is 1. The second-order valence-electron chi connectivity index (χ2n) is 6.16. The van der Waals surface area contributed by atoms with E-state index >= 15 is 0 Å². The number of ether oxygens (including phenoxy) is 1. The molecule has 8 heteroatoms. The summed E-state index contributed by atoms with van der Waals surface area (Å²) in [4.78, 5) is 17.1. The van der Waals surface area contributed by atoms with Gasteiger partial charge in [0.2, 0.25) is 0 Å². The Kier molecular flexibility index (Phi) is 5.99. The largest absolute Gasteiger partial charge is 0.484 e. The number of benzene rings is 2. The molecule has 0 saturated heterocycles. The van der Waals surface area contributed by atoms with Crippen molar-refractivity contribution in [3.05, 3.63) is 76.3 Å². The van der Waals surface area contributed by atoms with Crippen LogP contribution >= 0.6 is 11.3 Å². The zero-order chi connectivity index (χ0) is 20.1. The van der Waals surface area contributed by atoms with Crippen LogP contribution in [0.5, 0.6) is 5.75 Å². The lowest BCUT2D eigenvalue weighted by molar-refractivity contribution is -0.137. The molecule has 3 rings (SSSR count). The lowest BCUT2D eigenvalue weighted by Gasteiger charge is -2.09. The molecule has 2 aromatic carbocycles. The quantitative estimate of drug-likeness (QED) is 0.621. The van der Waals surface area contributed by atoms with Crippen LogP contribution in [0, 0.1) is 6.92 Å². The number of carbonyl (C=O) groups is 1. The SMILES string of the molecule is Cc1ccc(Cc2cnc(NC(=O)COc3cccc(C(F)(F)F)c3)s2)cc1. The highest BCUT2D eigenvalue weighted by atomic mass is 32.1. The summed E-state index contributed by atoms with van der Waals surface area (Å²) in [5, 5.41) is 3.01. The van der Waals surface area contributed by atoms with E-state index in [2.05, 4.69) is 10.3 Å². The molecule has 1 aromatic heterocycles. The smallest absolute Gasteiger partial charge is 0.416 e. The van der Waals surface area contributed by atoms with Crippen LogP contribution in [0.15, 0.2) is 54.7 Å². The molecule has 0 atom stereocenters. The predicted octanol–water partition coefficient (Wildman–Crippen LogP) is 5.08. The van der Waals surface area contributed by atoms with Crippen molar-refractivity contribution in [2.24, 2.45) is 0 Å². The lowest BCUT2D eigenvalue weighted by atomic mass is 10.1. The highest BCUT2D eigenvalue weighted by Gasteiger charge is 2.30. The fourth-order valence-corrected chi connectivity index (χ4v) is 3.28. The summed E-state index contributed by atoms with van der Waals surface area (Å²) >= 11 is 1.34. The van der Waals surface area contributed by atoms with Gasteiger partial charge in [-0.05, 0) is 30.7 Å². The number of carbonyl (C=O) groups excluding carboxylic acids is 1. The summed E-state index contributed by atoms with van der Waals surface area (Å²) in [7, 11) is 0. The zero-order valence-corrected chi connectivity index (χ0v) is 15.7. The summed E-state index contributed by atoms with van der Waals surface area (Å²) in [6, 6.07) is 12.5. The van der Waals surface area contributed by atoms with Gasteiger partial charge in [0.25, 0.3) is 5.91 Å². The van der Waals surface area contributed by atoms with Crippen LogP contribution in [0.2, 0.25) is 0 Å². The number of aryl methyl sites for hydroxylation is 1. The van der Waals surface area contributed by atoms with Gasteiger partial charge in [-0.2, -0.15) is 13.2 Å². The maximum Gasteiger partial charge on any atom is 0.416 e. The Labute approximate surface area is 164 Å². The van der Waals surface area contributed by atoms with Crippen molar-refractivity contribution < 1.29 is 22.7 Å². The first kappa shape index (κ1) is 19.9. The molecule has 0 aliphatic carbocycles. The molecule has 1 N–H and O–H groups in total. The van der Waals surface area contributed by atoms with Gasteiger partial charge in [0.15, 0.2) is 11.7 Å². The van der Waals surface area contributed by atoms with Gasteiger partial charge >= 0.3 is 6.18 Å². The Morgan fingerprint density at radius 1 is 1.18 bits per heavy atom. The van der Waals surface area contributed by atoms with E-state index in [9.17, 15) is 18.0 Å². The number of hydrogen-bond donors (Lipinski definition) is 1. The minimum atomic E-state index is -4.46. The molecule has 0 aliphatic heterocycles. The Morgan fingerprint density at radius 3 is 2.64 bits per heavy atom. The monoisotopic (exact) mass is 406 g/mol. The predicted molar refractivity (Wildman–Crippen MR) is 102 cm³/mol. The number of anilines is 1. The first-order valence-electron chi connectivity index (χ1n) is 8.40. The number of nitrogens with zero attached hydrogens (tertiary/aromatic N) is 1. The van der Waals surface area contributed by atoms with Gasteiger partial charge in [-0.1, -0.05) is 35.9 Å². The molecule has 0 fully saturated rings. The first-order valence-corrected chi connectivity index (χ1v) is 9.21. The van der Waals surface area contributed by atoms with Gasteiger partial charge in [0, 0.05) is 17.5 Å². The third-order valence-electron chi connectivity index (χ3n) is 3.83. The lowest BCUT2D eigenvalue weighted by Crippen LogP contribution is -2.20.